The Morgan fingerprint density at radius 3 is 1.80 bits per heavy atom. The summed E-state index contributed by atoms with van der Waals surface area (Å²) >= 11 is 1.81. The summed E-state index contributed by atoms with van der Waals surface area (Å²) in [6.07, 6.45) is 0. The van der Waals surface area contributed by atoms with Crippen molar-refractivity contribution >= 4 is 75.3 Å². The maximum atomic E-state index is 6.51. The number of rotatable bonds is 4. The van der Waals surface area contributed by atoms with Crippen LogP contribution in [0.5, 0.6) is 0 Å². The molecular formula is C45H26N4OS. The van der Waals surface area contributed by atoms with Gasteiger partial charge in [-0.15, -0.1) is 11.3 Å². The summed E-state index contributed by atoms with van der Waals surface area (Å²) in [7, 11) is 0. The molecule has 7 aromatic carbocycles. The molecule has 0 aliphatic carbocycles. The van der Waals surface area contributed by atoms with E-state index in [2.05, 4.69) is 120 Å². The van der Waals surface area contributed by atoms with Crippen LogP contribution >= 0.6 is 11.3 Å². The van der Waals surface area contributed by atoms with E-state index in [4.69, 9.17) is 19.4 Å². The molecule has 4 heterocycles. The lowest BCUT2D eigenvalue weighted by molar-refractivity contribution is 0.669. The molecule has 6 heteroatoms. The van der Waals surface area contributed by atoms with E-state index in [0.717, 1.165) is 60.7 Å². The molecular weight excluding hydrogens is 645 g/mol. The second-order valence-corrected chi connectivity index (χ2v) is 13.9. The molecule has 0 amide bonds. The van der Waals surface area contributed by atoms with Crippen LogP contribution in [0, 0.1) is 0 Å². The maximum absolute atomic E-state index is 6.51. The average molecular weight is 671 g/mol. The summed E-state index contributed by atoms with van der Waals surface area (Å²) < 4.78 is 11.4. The van der Waals surface area contributed by atoms with Gasteiger partial charge in [-0.2, -0.15) is 0 Å². The van der Waals surface area contributed by atoms with Crippen molar-refractivity contribution in [3.8, 4) is 39.9 Å². The Hall–Kier alpha value is -6.63. The molecule has 0 N–H and O–H groups in total. The van der Waals surface area contributed by atoms with Crippen LogP contribution in [0.15, 0.2) is 162 Å². The first-order valence-electron chi connectivity index (χ1n) is 16.9. The zero-order valence-corrected chi connectivity index (χ0v) is 27.9. The fourth-order valence-corrected chi connectivity index (χ4v) is 8.53. The summed E-state index contributed by atoms with van der Waals surface area (Å²) in [4.78, 5) is 15.2. The second-order valence-electron chi connectivity index (χ2n) is 12.8. The highest BCUT2D eigenvalue weighted by molar-refractivity contribution is 7.25. The highest BCUT2D eigenvalue weighted by atomic mass is 32.1. The normalized spacial score (nSPS) is 11.9. The zero-order valence-electron chi connectivity index (χ0n) is 27.1. The van der Waals surface area contributed by atoms with Gasteiger partial charge in [0.25, 0.3) is 0 Å². The topological polar surface area (TPSA) is 56.7 Å². The number of hydrogen-bond donors (Lipinski definition) is 0. The first kappa shape index (κ1) is 28.2. The molecule has 4 aromatic heterocycles. The molecule has 0 aliphatic heterocycles. The van der Waals surface area contributed by atoms with Crippen molar-refractivity contribution in [2.75, 3.05) is 0 Å². The number of para-hydroxylation sites is 2. The van der Waals surface area contributed by atoms with Gasteiger partial charge in [0.15, 0.2) is 17.5 Å². The molecule has 0 radical (unpaired) electrons. The maximum Gasteiger partial charge on any atom is 0.164 e. The smallest absolute Gasteiger partial charge is 0.164 e. The predicted molar refractivity (Wildman–Crippen MR) is 211 cm³/mol. The Morgan fingerprint density at radius 2 is 1.00 bits per heavy atom. The predicted octanol–water partition coefficient (Wildman–Crippen LogP) is 12.2. The standard InChI is InChI=1S/C45H26N4OS/c1-3-11-27(12-4-1)43-46-44(48-45(47-43)29-20-22-42-36(24-29)32-16-8-10-18-41(32)51-42)28-19-21-39-34(23-28)35-25-38-33(26-40(35)50-39)31-15-7-9-17-37(31)49(38)30-13-5-2-6-14-30/h1-26H. The van der Waals surface area contributed by atoms with Gasteiger partial charge in [0, 0.05) is 64.1 Å². The van der Waals surface area contributed by atoms with Gasteiger partial charge >= 0.3 is 0 Å². The molecule has 0 unspecified atom stereocenters. The van der Waals surface area contributed by atoms with E-state index in [0.29, 0.717) is 17.5 Å². The molecule has 11 aromatic rings. The van der Waals surface area contributed by atoms with Crippen LogP contribution in [-0.4, -0.2) is 19.5 Å². The third-order valence-corrected chi connectivity index (χ3v) is 11.0. The van der Waals surface area contributed by atoms with Gasteiger partial charge in [-0.3, -0.25) is 0 Å². The number of benzene rings is 7. The molecule has 238 valence electrons. The molecule has 11 rings (SSSR count). The van der Waals surface area contributed by atoms with Crippen molar-refractivity contribution in [3.63, 3.8) is 0 Å². The molecule has 51 heavy (non-hydrogen) atoms. The van der Waals surface area contributed by atoms with E-state index in [9.17, 15) is 0 Å². The minimum atomic E-state index is 0.616. The van der Waals surface area contributed by atoms with Gasteiger partial charge in [-0.05, 0) is 72.8 Å². The molecule has 0 saturated carbocycles. The van der Waals surface area contributed by atoms with Crippen LogP contribution in [0.1, 0.15) is 0 Å². The molecule has 0 atom stereocenters. The van der Waals surface area contributed by atoms with E-state index in [1.807, 2.05) is 42.5 Å². The van der Waals surface area contributed by atoms with Gasteiger partial charge in [-0.1, -0.05) is 84.9 Å². The minimum absolute atomic E-state index is 0.616. The molecule has 0 fully saturated rings. The number of fused-ring (bicyclic) bond motifs is 9. The zero-order chi connectivity index (χ0) is 33.5. The van der Waals surface area contributed by atoms with Gasteiger partial charge in [0.05, 0.1) is 11.0 Å². The van der Waals surface area contributed by atoms with Gasteiger partial charge in [0.2, 0.25) is 0 Å². The van der Waals surface area contributed by atoms with E-state index in [1.165, 1.54) is 25.6 Å². The lowest BCUT2D eigenvalue weighted by atomic mass is 10.1. The van der Waals surface area contributed by atoms with Crippen molar-refractivity contribution in [2.24, 2.45) is 0 Å². The van der Waals surface area contributed by atoms with Crippen molar-refractivity contribution in [2.45, 2.75) is 0 Å². The van der Waals surface area contributed by atoms with E-state index < -0.39 is 0 Å². The van der Waals surface area contributed by atoms with Crippen LogP contribution in [0.2, 0.25) is 0 Å². The summed E-state index contributed by atoms with van der Waals surface area (Å²) in [6, 6.07) is 55.0. The number of hydrogen-bond acceptors (Lipinski definition) is 5. The lowest BCUT2D eigenvalue weighted by Gasteiger charge is -2.09. The Bertz CT molecular complexity index is 3140. The fourth-order valence-electron chi connectivity index (χ4n) is 7.45. The highest BCUT2D eigenvalue weighted by Gasteiger charge is 2.19. The van der Waals surface area contributed by atoms with Crippen LogP contribution in [0.3, 0.4) is 0 Å². The largest absolute Gasteiger partial charge is 0.456 e. The van der Waals surface area contributed by atoms with Crippen molar-refractivity contribution in [3.05, 3.63) is 158 Å². The van der Waals surface area contributed by atoms with Crippen LogP contribution in [0.25, 0.3) is 104 Å². The summed E-state index contributed by atoms with van der Waals surface area (Å²) in [5.41, 5.74) is 7.89. The number of nitrogens with zero attached hydrogens (tertiary/aromatic N) is 4. The summed E-state index contributed by atoms with van der Waals surface area (Å²) in [6.45, 7) is 0. The van der Waals surface area contributed by atoms with Crippen molar-refractivity contribution < 1.29 is 4.42 Å². The molecule has 0 spiro atoms. The quantitative estimate of drug-likeness (QED) is 0.187. The monoisotopic (exact) mass is 670 g/mol. The van der Waals surface area contributed by atoms with Gasteiger partial charge in [-0.25, -0.2) is 15.0 Å². The first-order chi connectivity index (χ1) is 25.2. The Balaban J connectivity index is 1.12. The summed E-state index contributed by atoms with van der Waals surface area (Å²) in [5, 5.41) is 6.87. The third kappa shape index (κ3) is 4.43. The Labute approximate surface area is 295 Å². The van der Waals surface area contributed by atoms with E-state index in [-0.39, 0.29) is 0 Å². The average Bonchev–Trinajstić information content (AvgIpc) is 3.86. The molecule has 0 bridgehead atoms. The van der Waals surface area contributed by atoms with Gasteiger partial charge < -0.3 is 8.98 Å². The fraction of sp³-hybridized carbons (Fsp3) is 0. The van der Waals surface area contributed by atoms with Crippen molar-refractivity contribution in [1.82, 2.24) is 19.5 Å². The third-order valence-electron chi connectivity index (χ3n) is 9.84. The van der Waals surface area contributed by atoms with Crippen LogP contribution in [-0.2, 0) is 0 Å². The van der Waals surface area contributed by atoms with Crippen molar-refractivity contribution in [1.29, 1.82) is 0 Å². The molecule has 0 saturated heterocycles. The molecule has 5 nitrogen and oxygen atoms in total. The Kier molecular flexibility index (Phi) is 6.05. The number of furan rings is 1. The lowest BCUT2D eigenvalue weighted by Crippen LogP contribution is -2.00. The first-order valence-corrected chi connectivity index (χ1v) is 17.8. The SMILES string of the molecule is c1ccc(-c2nc(-c3ccc4oc5cc6c7ccccc7n(-c7ccccc7)c6cc5c4c3)nc(-c3ccc4sc5ccccc5c4c3)n2)cc1. The van der Waals surface area contributed by atoms with E-state index >= 15 is 0 Å². The minimum Gasteiger partial charge on any atom is -0.456 e. The van der Waals surface area contributed by atoms with Crippen LogP contribution < -0.4 is 0 Å². The molecule has 0 aliphatic rings. The second kappa shape index (κ2) is 10.9. The van der Waals surface area contributed by atoms with Gasteiger partial charge in [0.1, 0.15) is 11.2 Å². The Morgan fingerprint density at radius 1 is 0.392 bits per heavy atom. The number of aromatic nitrogens is 4. The number of thiophene rings is 1. The summed E-state index contributed by atoms with van der Waals surface area (Å²) in [5.74, 6) is 1.89. The highest BCUT2D eigenvalue weighted by Crippen LogP contribution is 2.40. The van der Waals surface area contributed by atoms with E-state index in [1.54, 1.807) is 11.3 Å². The van der Waals surface area contributed by atoms with Crippen LogP contribution in [0.4, 0.5) is 0 Å².